The van der Waals surface area contributed by atoms with Crippen LogP contribution in [0.3, 0.4) is 0 Å². The van der Waals surface area contributed by atoms with Crippen molar-refractivity contribution in [3.8, 4) is 23.0 Å². The molecule has 35 heavy (non-hydrogen) atoms. The number of carbonyl (C=O) groups is 2. The summed E-state index contributed by atoms with van der Waals surface area (Å²) in [5.41, 5.74) is 12.8. The lowest BCUT2D eigenvalue weighted by molar-refractivity contribution is -0.142. The van der Waals surface area contributed by atoms with Crippen LogP contribution >= 0.6 is 24.8 Å². The summed E-state index contributed by atoms with van der Waals surface area (Å²) in [5.74, 6) is 0.979. The van der Waals surface area contributed by atoms with Gasteiger partial charge in [0.05, 0.1) is 35.5 Å². The fourth-order valence-corrected chi connectivity index (χ4v) is 2.85. The Morgan fingerprint density at radius 2 is 1.09 bits per heavy atom. The largest absolute Gasteiger partial charge is 0.493 e. The number of carboxylic acid groups (broad SMARTS) is 1. The number of esters is 1. The van der Waals surface area contributed by atoms with E-state index in [1.54, 1.807) is 51.7 Å². The quantitative estimate of drug-likeness (QED) is 0.385. The van der Waals surface area contributed by atoms with Gasteiger partial charge in [-0.3, -0.25) is 9.59 Å². The van der Waals surface area contributed by atoms with Gasteiger partial charge in [-0.2, -0.15) is 0 Å². The van der Waals surface area contributed by atoms with Crippen LogP contribution in [0.15, 0.2) is 36.4 Å². The Morgan fingerprint density at radius 3 is 1.40 bits per heavy atom. The van der Waals surface area contributed by atoms with Crippen molar-refractivity contribution in [1.82, 2.24) is 0 Å². The number of carboxylic acids is 1. The first kappa shape index (κ1) is 34.2. The molecule has 2 aromatic rings. The van der Waals surface area contributed by atoms with E-state index in [4.69, 9.17) is 35.5 Å². The van der Waals surface area contributed by atoms with Crippen molar-refractivity contribution in [2.75, 3.05) is 35.5 Å². The number of methoxy groups -OCH3 is 5. The summed E-state index contributed by atoms with van der Waals surface area (Å²) in [5, 5.41) is 8.69. The molecule has 0 aliphatic heterocycles. The summed E-state index contributed by atoms with van der Waals surface area (Å²) in [6.45, 7) is 0. The molecule has 0 fully saturated rings. The van der Waals surface area contributed by atoms with Gasteiger partial charge in [-0.1, -0.05) is 12.1 Å². The Bertz CT molecular complexity index is 930. The molecule has 198 valence electrons. The second-order valence-corrected chi connectivity index (χ2v) is 6.86. The van der Waals surface area contributed by atoms with Crippen molar-refractivity contribution in [3.05, 3.63) is 47.5 Å². The van der Waals surface area contributed by atoms with Crippen LogP contribution in [0.4, 0.5) is 0 Å². The minimum absolute atomic E-state index is 0. The van der Waals surface area contributed by atoms with Crippen molar-refractivity contribution in [2.24, 2.45) is 11.5 Å². The summed E-state index contributed by atoms with van der Waals surface area (Å²) in [6.07, 6.45) is 0.655. The van der Waals surface area contributed by atoms with E-state index in [1.165, 1.54) is 14.2 Å². The van der Waals surface area contributed by atoms with Gasteiger partial charge in [0.2, 0.25) is 0 Å². The lowest BCUT2D eigenvalue weighted by Crippen LogP contribution is -2.33. The summed E-state index contributed by atoms with van der Waals surface area (Å²) in [4.78, 5) is 21.8. The van der Waals surface area contributed by atoms with Crippen LogP contribution in [0, 0.1) is 0 Å². The summed E-state index contributed by atoms with van der Waals surface area (Å²) in [6, 6.07) is 9.05. The van der Waals surface area contributed by atoms with Crippen LogP contribution < -0.4 is 30.4 Å². The average Bonchev–Trinajstić information content (AvgIpc) is 2.83. The molecule has 0 amide bonds. The zero-order valence-corrected chi connectivity index (χ0v) is 21.9. The number of hydrogen-bond acceptors (Lipinski definition) is 9. The molecule has 0 aliphatic rings. The van der Waals surface area contributed by atoms with Crippen LogP contribution in [0.2, 0.25) is 0 Å². The zero-order valence-electron chi connectivity index (χ0n) is 20.3. The van der Waals surface area contributed by atoms with Crippen LogP contribution in [0.5, 0.6) is 23.0 Å². The molecule has 0 spiro atoms. The third-order valence-electron chi connectivity index (χ3n) is 4.63. The highest BCUT2D eigenvalue weighted by molar-refractivity contribution is 5.85. The average molecular weight is 537 g/mol. The highest BCUT2D eigenvalue weighted by atomic mass is 35.5. The van der Waals surface area contributed by atoms with Gasteiger partial charge in [0.25, 0.3) is 0 Å². The zero-order chi connectivity index (χ0) is 25.0. The third-order valence-corrected chi connectivity index (χ3v) is 4.63. The number of benzene rings is 2. The van der Waals surface area contributed by atoms with Gasteiger partial charge < -0.3 is 40.3 Å². The van der Waals surface area contributed by atoms with Gasteiger partial charge in [0.1, 0.15) is 12.1 Å². The second-order valence-electron chi connectivity index (χ2n) is 6.86. The summed E-state index contributed by atoms with van der Waals surface area (Å²) >= 11 is 0. The molecule has 10 nitrogen and oxygen atoms in total. The highest BCUT2D eigenvalue weighted by Crippen LogP contribution is 2.28. The molecule has 2 aromatic carbocycles. The summed E-state index contributed by atoms with van der Waals surface area (Å²) in [7, 11) is 7.51. The monoisotopic (exact) mass is 536 g/mol. The lowest BCUT2D eigenvalue weighted by Gasteiger charge is -2.12. The van der Waals surface area contributed by atoms with Crippen LogP contribution in [0.25, 0.3) is 0 Å². The Morgan fingerprint density at radius 1 is 0.714 bits per heavy atom. The lowest BCUT2D eigenvalue weighted by atomic mass is 10.1. The van der Waals surface area contributed by atoms with Gasteiger partial charge in [-0.05, 0) is 48.2 Å². The molecule has 0 aromatic heterocycles. The molecule has 2 unspecified atom stereocenters. The van der Waals surface area contributed by atoms with Gasteiger partial charge in [-0.25, -0.2) is 0 Å². The Hall–Kier alpha value is -2.92. The normalized spacial score (nSPS) is 11.2. The minimum atomic E-state index is -1.02. The molecule has 2 atom stereocenters. The molecule has 5 N–H and O–H groups in total. The van der Waals surface area contributed by atoms with Crippen molar-refractivity contribution >= 4 is 36.8 Å². The van der Waals surface area contributed by atoms with E-state index >= 15 is 0 Å². The molecule has 0 radical (unpaired) electrons. The molecule has 12 heteroatoms. The van der Waals surface area contributed by atoms with Crippen molar-refractivity contribution in [3.63, 3.8) is 0 Å². The number of nitrogens with two attached hydrogens (primary N) is 2. The highest BCUT2D eigenvalue weighted by Gasteiger charge is 2.16. The third kappa shape index (κ3) is 10.9. The Balaban J connectivity index is 0. The number of carbonyl (C=O) groups excluding carboxylic acids is 1. The Kier molecular flexibility index (Phi) is 17.1. The van der Waals surface area contributed by atoms with Crippen LogP contribution in [-0.4, -0.2) is 64.7 Å². The van der Waals surface area contributed by atoms with Gasteiger partial charge in [0.15, 0.2) is 23.0 Å². The molecule has 0 heterocycles. The van der Waals surface area contributed by atoms with E-state index in [2.05, 4.69) is 4.74 Å². The molecule has 2 rings (SSSR count). The second kappa shape index (κ2) is 17.5. The topological polar surface area (TPSA) is 153 Å². The fourth-order valence-electron chi connectivity index (χ4n) is 2.85. The van der Waals surface area contributed by atoms with E-state index in [0.29, 0.717) is 29.4 Å². The van der Waals surface area contributed by atoms with E-state index in [0.717, 1.165) is 11.1 Å². The fraction of sp³-hybridized carbons (Fsp3) is 0.391. The maximum atomic E-state index is 11.2. The smallest absolute Gasteiger partial charge is 0.322 e. The van der Waals surface area contributed by atoms with Crippen molar-refractivity contribution in [1.29, 1.82) is 0 Å². The van der Waals surface area contributed by atoms with E-state index in [9.17, 15) is 9.59 Å². The van der Waals surface area contributed by atoms with Gasteiger partial charge in [-0.15, -0.1) is 24.8 Å². The first-order valence-electron chi connectivity index (χ1n) is 9.94. The van der Waals surface area contributed by atoms with Gasteiger partial charge in [0, 0.05) is 0 Å². The Labute approximate surface area is 217 Å². The first-order chi connectivity index (χ1) is 15.7. The summed E-state index contributed by atoms with van der Waals surface area (Å²) < 4.78 is 25.0. The first-order valence-corrected chi connectivity index (χ1v) is 9.94. The molecular weight excluding hydrogens is 503 g/mol. The minimum Gasteiger partial charge on any atom is -0.493 e. The number of halogens is 2. The van der Waals surface area contributed by atoms with E-state index < -0.39 is 24.0 Å². The molecule has 0 aliphatic carbocycles. The van der Waals surface area contributed by atoms with Gasteiger partial charge >= 0.3 is 11.9 Å². The van der Waals surface area contributed by atoms with E-state index in [-0.39, 0.29) is 31.2 Å². The maximum Gasteiger partial charge on any atom is 0.322 e. The van der Waals surface area contributed by atoms with E-state index in [1.807, 2.05) is 6.07 Å². The number of aliphatic carboxylic acids is 1. The maximum absolute atomic E-state index is 11.2. The number of rotatable bonds is 10. The SMILES string of the molecule is COC(=O)C(N)Cc1ccc(OC)c(OC)c1.COc1ccc(CC(N)C(=O)O)cc1OC.Cl.Cl. The molecule has 0 saturated heterocycles. The van der Waals surface area contributed by atoms with Crippen LogP contribution in [-0.2, 0) is 27.2 Å². The molecular formula is C23H34Cl2N2O8. The van der Waals surface area contributed by atoms with Crippen molar-refractivity contribution in [2.45, 2.75) is 24.9 Å². The predicted octanol–water partition coefficient (Wildman–Crippen LogP) is 2.25. The van der Waals surface area contributed by atoms with Crippen molar-refractivity contribution < 1.29 is 38.4 Å². The number of ether oxygens (including phenoxy) is 5. The standard InChI is InChI=1S/C12H17NO4.C11H15NO4.2ClH/c1-15-10-5-4-8(7-11(10)16-2)6-9(13)12(14)17-3;1-15-9-4-3-7(6-10(9)16-2)5-8(12)11(13)14;;/h4-5,7,9H,6,13H2,1-3H3;3-4,6,8H,5,12H2,1-2H3,(H,13,14);2*1H. The number of hydrogen-bond donors (Lipinski definition) is 3. The predicted molar refractivity (Wildman–Crippen MR) is 137 cm³/mol. The molecule has 0 saturated carbocycles. The molecule has 0 bridgehead atoms. The van der Waals surface area contributed by atoms with Crippen LogP contribution in [0.1, 0.15) is 11.1 Å².